The molecule has 1 N–H and O–H groups in total. The maximum Gasteiger partial charge on any atom is 0.267 e. The van der Waals surface area contributed by atoms with Crippen LogP contribution in [0.2, 0.25) is 0 Å². The van der Waals surface area contributed by atoms with Crippen LogP contribution in [0, 0.1) is 0 Å². The average molecular weight is 487 g/mol. The summed E-state index contributed by atoms with van der Waals surface area (Å²) in [7, 11) is 1.60. The van der Waals surface area contributed by atoms with Gasteiger partial charge in [0.15, 0.2) is 0 Å². The molecule has 3 aromatic rings. The third-order valence-electron chi connectivity index (χ3n) is 7.34. The van der Waals surface area contributed by atoms with Crippen LogP contribution in [-0.2, 0) is 17.9 Å². The summed E-state index contributed by atoms with van der Waals surface area (Å²) in [5, 5.41) is 7.42. The van der Waals surface area contributed by atoms with Crippen LogP contribution < -0.4 is 15.6 Å². The van der Waals surface area contributed by atoms with Gasteiger partial charge in [0.2, 0.25) is 5.91 Å². The summed E-state index contributed by atoms with van der Waals surface area (Å²) >= 11 is 0. The van der Waals surface area contributed by atoms with E-state index in [2.05, 4.69) is 10.4 Å². The molecular weight excluding hydrogens is 456 g/mol. The van der Waals surface area contributed by atoms with Crippen LogP contribution in [-0.4, -0.2) is 45.7 Å². The number of carbonyl (C=O) groups excluding carboxylic acids is 2. The summed E-state index contributed by atoms with van der Waals surface area (Å²) in [6.45, 7) is 0.737. The van der Waals surface area contributed by atoms with E-state index in [1.807, 2.05) is 53.4 Å². The van der Waals surface area contributed by atoms with Crippen LogP contribution in [0.4, 0.5) is 0 Å². The van der Waals surface area contributed by atoms with Crippen molar-refractivity contribution in [2.45, 2.75) is 50.7 Å². The Bertz CT molecular complexity index is 1330. The predicted octanol–water partition coefficient (Wildman–Crippen LogP) is 3.39. The van der Waals surface area contributed by atoms with Gasteiger partial charge in [-0.1, -0.05) is 37.5 Å². The zero-order chi connectivity index (χ0) is 25.1. The molecule has 2 aliphatic rings. The summed E-state index contributed by atoms with van der Waals surface area (Å²) in [6, 6.07) is 18.1. The molecule has 8 nitrogen and oxygen atoms in total. The minimum absolute atomic E-state index is 0.0341. The number of rotatable bonds is 7. The Kier molecular flexibility index (Phi) is 6.59. The van der Waals surface area contributed by atoms with Crippen LogP contribution in [0.3, 0.4) is 0 Å². The summed E-state index contributed by atoms with van der Waals surface area (Å²) in [4.78, 5) is 40.6. The first-order valence-corrected chi connectivity index (χ1v) is 12.4. The second-order valence-corrected chi connectivity index (χ2v) is 9.55. The molecule has 1 aliphatic carbocycles. The van der Waals surface area contributed by atoms with E-state index in [4.69, 9.17) is 4.74 Å². The number of methoxy groups -OCH3 is 1. The summed E-state index contributed by atoms with van der Waals surface area (Å²) in [5.74, 6) is 0.458. The van der Waals surface area contributed by atoms with Crippen LogP contribution >= 0.6 is 0 Å². The lowest BCUT2D eigenvalue weighted by Gasteiger charge is -2.44. The van der Waals surface area contributed by atoms with Crippen molar-refractivity contribution in [3.8, 4) is 17.0 Å². The number of amides is 2. The molecule has 0 atom stereocenters. The number of aromatic nitrogens is 2. The van der Waals surface area contributed by atoms with Gasteiger partial charge in [-0.25, -0.2) is 4.68 Å². The van der Waals surface area contributed by atoms with Gasteiger partial charge in [-0.05, 0) is 54.8 Å². The molecule has 2 heterocycles. The van der Waals surface area contributed by atoms with Gasteiger partial charge in [0, 0.05) is 30.3 Å². The summed E-state index contributed by atoms with van der Waals surface area (Å²) in [5.41, 5.74) is 2.42. The Hall–Kier alpha value is -3.94. The first-order valence-electron chi connectivity index (χ1n) is 12.4. The lowest BCUT2D eigenvalue weighted by molar-refractivity contribution is -0.122. The Morgan fingerprint density at radius 3 is 2.47 bits per heavy atom. The Balaban J connectivity index is 1.30. The minimum Gasteiger partial charge on any atom is -0.497 e. The highest BCUT2D eigenvalue weighted by Gasteiger charge is 2.44. The Morgan fingerprint density at radius 1 is 1.00 bits per heavy atom. The molecule has 0 bridgehead atoms. The zero-order valence-corrected chi connectivity index (χ0v) is 20.4. The Morgan fingerprint density at radius 2 is 1.75 bits per heavy atom. The van der Waals surface area contributed by atoms with Crippen molar-refractivity contribution < 1.29 is 14.3 Å². The lowest BCUT2D eigenvalue weighted by Crippen LogP contribution is -2.57. The molecule has 0 spiro atoms. The van der Waals surface area contributed by atoms with Crippen molar-refractivity contribution in [2.75, 3.05) is 13.7 Å². The molecule has 2 aromatic carbocycles. The van der Waals surface area contributed by atoms with Crippen LogP contribution in [0.25, 0.3) is 11.3 Å². The van der Waals surface area contributed by atoms with Gasteiger partial charge in [0.05, 0.1) is 18.3 Å². The molecule has 0 saturated heterocycles. The molecule has 1 aromatic heterocycles. The Labute approximate surface area is 209 Å². The average Bonchev–Trinajstić information content (AvgIpc) is 3.26. The fourth-order valence-corrected chi connectivity index (χ4v) is 5.32. The highest BCUT2D eigenvalue weighted by Crippen LogP contribution is 2.38. The second-order valence-electron chi connectivity index (χ2n) is 9.55. The van der Waals surface area contributed by atoms with Crippen molar-refractivity contribution >= 4 is 11.8 Å². The molecule has 0 radical (unpaired) electrons. The number of hydrogen-bond donors (Lipinski definition) is 1. The molecule has 186 valence electrons. The van der Waals surface area contributed by atoms with E-state index < -0.39 is 5.54 Å². The monoisotopic (exact) mass is 486 g/mol. The third kappa shape index (κ3) is 4.63. The quantitative estimate of drug-likeness (QED) is 0.553. The fourth-order valence-electron chi connectivity index (χ4n) is 5.32. The third-order valence-corrected chi connectivity index (χ3v) is 7.34. The molecule has 2 amide bonds. The normalized spacial score (nSPS) is 16.5. The molecule has 36 heavy (non-hydrogen) atoms. The zero-order valence-electron chi connectivity index (χ0n) is 20.4. The van der Waals surface area contributed by atoms with E-state index in [-0.39, 0.29) is 23.9 Å². The van der Waals surface area contributed by atoms with Crippen molar-refractivity contribution in [3.05, 3.63) is 82.1 Å². The number of nitrogens with zero attached hydrogens (tertiary/aromatic N) is 3. The number of nitrogens with one attached hydrogen (secondary N) is 1. The topological polar surface area (TPSA) is 93.5 Å². The first-order chi connectivity index (χ1) is 17.5. The van der Waals surface area contributed by atoms with Gasteiger partial charge >= 0.3 is 0 Å². The maximum atomic E-state index is 13.2. The number of benzene rings is 2. The lowest BCUT2D eigenvalue weighted by atomic mass is 9.80. The van der Waals surface area contributed by atoms with Crippen molar-refractivity contribution in [1.82, 2.24) is 20.0 Å². The van der Waals surface area contributed by atoms with Crippen LogP contribution in [0.5, 0.6) is 5.75 Å². The van der Waals surface area contributed by atoms with Gasteiger partial charge in [-0.2, -0.15) is 5.10 Å². The van der Waals surface area contributed by atoms with E-state index >= 15 is 0 Å². The molecule has 1 aliphatic heterocycles. The summed E-state index contributed by atoms with van der Waals surface area (Å²) in [6.07, 6.45) is 4.85. The SMILES string of the molecule is COc1ccc(-c2ccc(=O)n(CC(=O)NCC3(N4Cc5ccccc5C4=O)CCCCC3)n2)cc1. The highest BCUT2D eigenvalue weighted by molar-refractivity contribution is 5.98. The highest BCUT2D eigenvalue weighted by atomic mass is 16.5. The van der Waals surface area contributed by atoms with Crippen LogP contribution in [0.1, 0.15) is 48.0 Å². The molecule has 0 unspecified atom stereocenters. The fraction of sp³-hybridized carbons (Fsp3) is 0.357. The van der Waals surface area contributed by atoms with Gasteiger partial charge in [-0.15, -0.1) is 0 Å². The number of carbonyl (C=O) groups is 2. The smallest absolute Gasteiger partial charge is 0.267 e. The number of fused-ring (bicyclic) bond motifs is 1. The van der Waals surface area contributed by atoms with E-state index in [0.717, 1.165) is 54.5 Å². The van der Waals surface area contributed by atoms with Crippen molar-refractivity contribution in [3.63, 3.8) is 0 Å². The predicted molar refractivity (Wildman–Crippen MR) is 136 cm³/mol. The van der Waals surface area contributed by atoms with Gasteiger partial charge in [0.25, 0.3) is 11.5 Å². The minimum atomic E-state index is -0.423. The molecular formula is C28H30N4O4. The van der Waals surface area contributed by atoms with Crippen LogP contribution in [0.15, 0.2) is 65.5 Å². The second kappa shape index (κ2) is 9.97. The van der Waals surface area contributed by atoms with Gasteiger partial charge < -0.3 is 15.0 Å². The van der Waals surface area contributed by atoms with E-state index in [0.29, 0.717) is 18.8 Å². The largest absolute Gasteiger partial charge is 0.497 e. The van der Waals surface area contributed by atoms with E-state index in [9.17, 15) is 14.4 Å². The number of hydrogen-bond acceptors (Lipinski definition) is 5. The molecule has 5 rings (SSSR count). The standard InChI is InChI=1S/C28H30N4O4/c1-36-22-11-9-20(10-12-22)24-13-14-26(34)32(30-24)18-25(33)29-19-28(15-5-2-6-16-28)31-17-21-7-3-4-8-23(21)27(31)35/h3-4,7-14H,2,5-6,15-19H2,1H3,(H,29,33). The van der Waals surface area contributed by atoms with Gasteiger partial charge in [0.1, 0.15) is 12.3 Å². The number of ether oxygens (including phenoxy) is 1. The molecule has 8 heteroatoms. The maximum absolute atomic E-state index is 13.2. The van der Waals surface area contributed by atoms with E-state index in [1.165, 1.54) is 10.7 Å². The van der Waals surface area contributed by atoms with Gasteiger partial charge in [-0.3, -0.25) is 14.4 Å². The van der Waals surface area contributed by atoms with E-state index in [1.54, 1.807) is 13.2 Å². The molecule has 1 fully saturated rings. The first kappa shape index (κ1) is 23.8. The van der Waals surface area contributed by atoms with Crippen molar-refractivity contribution in [1.29, 1.82) is 0 Å². The molecule has 1 saturated carbocycles. The summed E-state index contributed by atoms with van der Waals surface area (Å²) < 4.78 is 6.37. The van der Waals surface area contributed by atoms with Crippen molar-refractivity contribution in [2.24, 2.45) is 0 Å².